The number of sulfonamides is 2. The van der Waals surface area contributed by atoms with E-state index in [1.807, 2.05) is 0 Å². The molecule has 1 aliphatic heterocycles. The number of hydrogen-bond donors (Lipinski definition) is 2. The van der Waals surface area contributed by atoms with Crippen LogP contribution >= 0.6 is 0 Å². The highest BCUT2D eigenvalue weighted by molar-refractivity contribution is 7.89. The predicted octanol–water partition coefficient (Wildman–Crippen LogP) is 0.433. The summed E-state index contributed by atoms with van der Waals surface area (Å²) >= 11 is 0. The van der Waals surface area contributed by atoms with Crippen LogP contribution < -0.4 is 19.5 Å². The van der Waals surface area contributed by atoms with Crippen molar-refractivity contribution >= 4 is 26.0 Å². The van der Waals surface area contributed by atoms with Gasteiger partial charge in [0.1, 0.15) is 18.1 Å². The number of hydrogen-bond acceptors (Lipinski definition) is 8. The first kappa shape index (κ1) is 25.9. The van der Waals surface area contributed by atoms with Gasteiger partial charge in [0.05, 0.1) is 35.7 Å². The molecule has 1 amide bonds. The quantitative estimate of drug-likeness (QED) is 0.436. The van der Waals surface area contributed by atoms with Crippen molar-refractivity contribution in [1.82, 2.24) is 14.3 Å². The summed E-state index contributed by atoms with van der Waals surface area (Å²) in [6.07, 6.45) is 0. The van der Waals surface area contributed by atoms with Crippen molar-refractivity contribution in [2.24, 2.45) is 0 Å². The zero-order valence-electron chi connectivity index (χ0n) is 18.8. The van der Waals surface area contributed by atoms with Crippen LogP contribution in [0.25, 0.3) is 0 Å². The Morgan fingerprint density at radius 1 is 1.03 bits per heavy atom. The Balaban J connectivity index is 1.57. The van der Waals surface area contributed by atoms with Gasteiger partial charge in [-0.25, -0.2) is 21.6 Å². The normalized spacial score (nSPS) is 15.0. The van der Waals surface area contributed by atoms with Gasteiger partial charge in [0.15, 0.2) is 0 Å². The summed E-state index contributed by atoms with van der Waals surface area (Å²) in [5, 5.41) is 2.44. The lowest BCUT2D eigenvalue weighted by atomic mass is 10.2. The van der Waals surface area contributed by atoms with E-state index in [9.17, 15) is 21.6 Å². The molecule has 186 valence electrons. The van der Waals surface area contributed by atoms with Gasteiger partial charge in [-0.2, -0.15) is 4.31 Å². The number of morpholine rings is 1. The lowest BCUT2D eigenvalue weighted by Gasteiger charge is -2.26. The number of amides is 1. The zero-order chi connectivity index (χ0) is 24.8. The SMILES string of the molecule is CNC(=O)c1cc(S(=O)(=O)NCCOc2ccc(S(=O)(=O)N3CCOCC3)cc2)ccc1OC. The number of nitrogens with zero attached hydrogens (tertiary/aromatic N) is 1. The van der Waals surface area contributed by atoms with Crippen LogP contribution in [0.3, 0.4) is 0 Å². The van der Waals surface area contributed by atoms with Crippen molar-refractivity contribution in [2.75, 3.05) is 53.6 Å². The molecular weight excluding hydrogens is 486 g/mol. The molecule has 2 N–H and O–H groups in total. The van der Waals surface area contributed by atoms with E-state index >= 15 is 0 Å². The Morgan fingerprint density at radius 2 is 1.68 bits per heavy atom. The highest BCUT2D eigenvalue weighted by Crippen LogP contribution is 2.23. The molecule has 0 spiro atoms. The first-order chi connectivity index (χ1) is 16.2. The Hall–Kier alpha value is -2.71. The van der Waals surface area contributed by atoms with Gasteiger partial charge >= 0.3 is 0 Å². The maximum Gasteiger partial charge on any atom is 0.254 e. The molecule has 11 nitrogen and oxygen atoms in total. The Bertz CT molecular complexity index is 1210. The van der Waals surface area contributed by atoms with E-state index in [-0.39, 0.29) is 34.3 Å². The first-order valence-corrected chi connectivity index (χ1v) is 13.3. The number of nitrogens with one attached hydrogen (secondary N) is 2. The van der Waals surface area contributed by atoms with Crippen molar-refractivity contribution in [2.45, 2.75) is 9.79 Å². The largest absolute Gasteiger partial charge is 0.496 e. The Labute approximate surface area is 199 Å². The minimum absolute atomic E-state index is 0.00719. The number of carbonyl (C=O) groups is 1. The van der Waals surface area contributed by atoms with E-state index in [4.69, 9.17) is 14.2 Å². The molecule has 2 aromatic rings. The second-order valence-electron chi connectivity index (χ2n) is 7.18. The van der Waals surface area contributed by atoms with Crippen LogP contribution in [0, 0.1) is 0 Å². The molecule has 0 radical (unpaired) electrons. The third kappa shape index (κ3) is 6.04. The fraction of sp³-hybridized carbons (Fsp3) is 0.381. The van der Waals surface area contributed by atoms with Gasteiger partial charge in [-0.1, -0.05) is 0 Å². The predicted molar refractivity (Wildman–Crippen MR) is 123 cm³/mol. The van der Waals surface area contributed by atoms with E-state index < -0.39 is 26.0 Å². The van der Waals surface area contributed by atoms with Gasteiger partial charge in [-0.15, -0.1) is 0 Å². The summed E-state index contributed by atoms with van der Waals surface area (Å²) in [4.78, 5) is 12.0. The summed E-state index contributed by atoms with van der Waals surface area (Å²) in [6.45, 7) is 1.30. The van der Waals surface area contributed by atoms with Crippen molar-refractivity contribution in [3.8, 4) is 11.5 Å². The molecule has 0 saturated carbocycles. The molecule has 0 aliphatic carbocycles. The van der Waals surface area contributed by atoms with Crippen LogP contribution in [0.2, 0.25) is 0 Å². The molecule has 0 atom stereocenters. The maximum atomic E-state index is 12.6. The van der Waals surface area contributed by atoms with Gasteiger partial charge in [-0.3, -0.25) is 4.79 Å². The average Bonchev–Trinajstić information content (AvgIpc) is 2.86. The minimum atomic E-state index is -3.90. The van der Waals surface area contributed by atoms with E-state index in [1.54, 1.807) is 0 Å². The molecule has 2 aromatic carbocycles. The Morgan fingerprint density at radius 3 is 2.29 bits per heavy atom. The van der Waals surface area contributed by atoms with Crippen LogP contribution in [-0.4, -0.2) is 80.7 Å². The minimum Gasteiger partial charge on any atom is -0.496 e. The molecule has 34 heavy (non-hydrogen) atoms. The summed E-state index contributed by atoms with van der Waals surface area (Å²) in [5.74, 6) is 0.170. The zero-order valence-corrected chi connectivity index (χ0v) is 20.4. The van der Waals surface area contributed by atoms with Crippen LogP contribution in [0.15, 0.2) is 52.3 Å². The van der Waals surface area contributed by atoms with Crippen molar-refractivity contribution < 1.29 is 35.8 Å². The summed E-state index contributed by atoms with van der Waals surface area (Å²) < 4.78 is 70.1. The number of methoxy groups -OCH3 is 1. The van der Waals surface area contributed by atoms with Crippen molar-refractivity contribution in [3.05, 3.63) is 48.0 Å². The number of ether oxygens (including phenoxy) is 3. The Kier molecular flexibility index (Phi) is 8.49. The topological polar surface area (TPSA) is 140 Å². The smallest absolute Gasteiger partial charge is 0.254 e. The van der Waals surface area contributed by atoms with Gasteiger partial charge in [0.2, 0.25) is 20.0 Å². The highest BCUT2D eigenvalue weighted by atomic mass is 32.2. The lowest BCUT2D eigenvalue weighted by molar-refractivity contribution is 0.0730. The molecule has 1 aliphatic rings. The fourth-order valence-corrected chi connectivity index (χ4v) is 5.69. The molecule has 3 rings (SSSR count). The average molecular weight is 514 g/mol. The molecule has 0 bridgehead atoms. The van der Waals surface area contributed by atoms with Crippen molar-refractivity contribution in [1.29, 1.82) is 0 Å². The standard InChI is InChI=1S/C21H27N3O8S2/c1-22-21(25)19-15-18(7-8-20(19)30-2)33(26,27)23-9-12-32-16-3-5-17(6-4-16)34(28,29)24-10-13-31-14-11-24/h3-8,15,23H,9-14H2,1-2H3,(H,22,25). The van der Waals surface area contributed by atoms with Crippen LogP contribution in [0.4, 0.5) is 0 Å². The third-order valence-electron chi connectivity index (χ3n) is 5.05. The molecular formula is C21H27N3O8S2. The third-order valence-corrected chi connectivity index (χ3v) is 8.42. The summed E-state index contributed by atoms with van der Waals surface area (Å²) in [5.41, 5.74) is 0.0937. The van der Waals surface area contributed by atoms with Gasteiger partial charge in [-0.05, 0) is 42.5 Å². The molecule has 0 aromatic heterocycles. The second kappa shape index (κ2) is 11.1. The van der Waals surface area contributed by atoms with Gasteiger partial charge in [0.25, 0.3) is 5.91 Å². The molecule has 0 unspecified atom stereocenters. The second-order valence-corrected chi connectivity index (χ2v) is 10.9. The van der Waals surface area contributed by atoms with E-state index in [0.29, 0.717) is 32.1 Å². The van der Waals surface area contributed by atoms with Gasteiger partial charge < -0.3 is 19.5 Å². The van der Waals surface area contributed by atoms with E-state index in [0.717, 1.165) is 0 Å². The van der Waals surface area contributed by atoms with E-state index in [1.165, 1.54) is 60.9 Å². The maximum absolute atomic E-state index is 12.6. The lowest BCUT2D eigenvalue weighted by Crippen LogP contribution is -2.40. The van der Waals surface area contributed by atoms with E-state index in [2.05, 4.69) is 10.0 Å². The van der Waals surface area contributed by atoms with Crippen LogP contribution in [0.1, 0.15) is 10.4 Å². The summed E-state index contributed by atoms with van der Waals surface area (Å²) in [7, 11) is -4.69. The molecule has 13 heteroatoms. The number of rotatable bonds is 10. The fourth-order valence-electron chi connectivity index (χ4n) is 3.24. The molecule has 1 heterocycles. The molecule has 1 fully saturated rings. The van der Waals surface area contributed by atoms with Gasteiger partial charge in [0, 0.05) is 26.7 Å². The van der Waals surface area contributed by atoms with Crippen molar-refractivity contribution in [3.63, 3.8) is 0 Å². The first-order valence-electron chi connectivity index (χ1n) is 10.4. The number of carbonyl (C=O) groups excluding carboxylic acids is 1. The summed E-state index contributed by atoms with van der Waals surface area (Å²) in [6, 6.07) is 9.89. The monoisotopic (exact) mass is 513 g/mol. The highest BCUT2D eigenvalue weighted by Gasteiger charge is 2.26. The van der Waals surface area contributed by atoms with Crippen LogP contribution in [-0.2, 0) is 24.8 Å². The molecule has 1 saturated heterocycles. The number of benzene rings is 2. The van der Waals surface area contributed by atoms with Crippen LogP contribution in [0.5, 0.6) is 11.5 Å².